The lowest BCUT2D eigenvalue weighted by Crippen LogP contribution is -2.02. The Morgan fingerprint density at radius 2 is 2.42 bits per heavy atom. The molecule has 0 aliphatic carbocycles. The molecule has 0 aliphatic heterocycles. The van der Waals surface area contributed by atoms with Crippen LogP contribution < -0.4 is 5.32 Å². The van der Waals surface area contributed by atoms with Crippen molar-refractivity contribution in [2.24, 2.45) is 0 Å². The molecule has 62 valence electrons. The largest absolute Gasteiger partial charge is 0.370 e. The Morgan fingerprint density at radius 1 is 1.58 bits per heavy atom. The fourth-order valence-electron chi connectivity index (χ4n) is 0.768. The number of nitrogens with one attached hydrogen (secondary N) is 1. The van der Waals surface area contributed by atoms with Gasteiger partial charge in [0, 0.05) is 12.6 Å². The van der Waals surface area contributed by atoms with E-state index in [-0.39, 0.29) is 0 Å². The zero-order valence-corrected chi connectivity index (χ0v) is 6.91. The number of rotatable bonds is 3. The highest BCUT2D eigenvalue weighted by molar-refractivity contribution is 5.38. The van der Waals surface area contributed by atoms with E-state index >= 15 is 0 Å². The lowest BCUT2D eigenvalue weighted by molar-refractivity contribution is 0.963. The minimum Gasteiger partial charge on any atom is -0.370 e. The van der Waals surface area contributed by atoms with Gasteiger partial charge in [0.15, 0.2) is 0 Å². The molecule has 0 unspecified atom stereocenters. The summed E-state index contributed by atoms with van der Waals surface area (Å²) in [5.41, 5.74) is 0.392. The van der Waals surface area contributed by atoms with Gasteiger partial charge in [-0.3, -0.25) is 0 Å². The molecule has 0 atom stereocenters. The normalized spacial score (nSPS) is 9.00. The molecule has 0 saturated heterocycles. The first kappa shape index (κ1) is 8.47. The molecule has 1 heterocycles. The summed E-state index contributed by atoms with van der Waals surface area (Å²) in [6.07, 6.45) is 2.42. The third-order valence-corrected chi connectivity index (χ3v) is 1.34. The third-order valence-electron chi connectivity index (χ3n) is 1.34. The highest BCUT2D eigenvalue weighted by Crippen LogP contribution is 2.01. The van der Waals surface area contributed by atoms with Crippen molar-refractivity contribution in [3.63, 3.8) is 0 Å². The molecular formula is C8H10N4. The zero-order valence-electron chi connectivity index (χ0n) is 6.91. The number of anilines is 1. The van der Waals surface area contributed by atoms with Gasteiger partial charge in [-0.25, -0.2) is 9.97 Å². The van der Waals surface area contributed by atoms with E-state index in [0.717, 1.165) is 13.0 Å². The molecule has 1 rings (SSSR count). The van der Waals surface area contributed by atoms with E-state index in [0.29, 0.717) is 11.5 Å². The van der Waals surface area contributed by atoms with Crippen molar-refractivity contribution in [1.29, 1.82) is 5.26 Å². The third kappa shape index (κ3) is 2.20. The number of hydrogen-bond acceptors (Lipinski definition) is 4. The van der Waals surface area contributed by atoms with Crippen LogP contribution in [-0.2, 0) is 0 Å². The van der Waals surface area contributed by atoms with Crippen LogP contribution in [0.15, 0.2) is 12.4 Å². The minimum atomic E-state index is 0.392. The maximum absolute atomic E-state index is 8.52. The summed E-state index contributed by atoms with van der Waals surface area (Å²) < 4.78 is 0. The monoisotopic (exact) mass is 162 g/mol. The molecule has 1 N–H and O–H groups in total. The smallest absolute Gasteiger partial charge is 0.145 e. The highest BCUT2D eigenvalue weighted by atomic mass is 15.0. The number of hydrogen-bond donors (Lipinski definition) is 1. The summed E-state index contributed by atoms with van der Waals surface area (Å²) in [6.45, 7) is 2.93. The van der Waals surface area contributed by atoms with Crippen LogP contribution in [0.5, 0.6) is 0 Å². The molecule has 0 fully saturated rings. The Bertz CT molecular complexity index is 289. The van der Waals surface area contributed by atoms with Crippen molar-refractivity contribution >= 4 is 5.82 Å². The van der Waals surface area contributed by atoms with Crippen LogP contribution in [0.25, 0.3) is 0 Å². The molecule has 1 aromatic heterocycles. The summed E-state index contributed by atoms with van der Waals surface area (Å²) >= 11 is 0. The Morgan fingerprint density at radius 3 is 3.08 bits per heavy atom. The molecule has 0 amide bonds. The van der Waals surface area contributed by atoms with Crippen molar-refractivity contribution in [3.8, 4) is 6.07 Å². The molecule has 0 bridgehead atoms. The standard InChI is InChI=1S/C8H10N4/c1-2-3-10-8-4-7(5-9)11-6-12-8/h4,6H,2-3H2,1H3,(H,10,11,12). The molecule has 1 aromatic rings. The molecule has 0 aliphatic rings. The average Bonchev–Trinajstić information content (AvgIpc) is 2.15. The molecule has 4 nitrogen and oxygen atoms in total. The molecule has 0 aromatic carbocycles. The summed E-state index contributed by atoms with van der Waals surface area (Å²) in [7, 11) is 0. The van der Waals surface area contributed by atoms with Crippen LogP contribution in [0.4, 0.5) is 5.82 Å². The van der Waals surface area contributed by atoms with Crippen molar-refractivity contribution < 1.29 is 0 Å². The second kappa shape index (κ2) is 4.29. The predicted molar refractivity (Wildman–Crippen MR) is 45.5 cm³/mol. The number of aromatic nitrogens is 2. The maximum Gasteiger partial charge on any atom is 0.145 e. The molecule has 0 radical (unpaired) electrons. The lowest BCUT2D eigenvalue weighted by Gasteiger charge is -2.01. The van der Waals surface area contributed by atoms with E-state index in [4.69, 9.17) is 5.26 Å². The van der Waals surface area contributed by atoms with Crippen LogP contribution in [0.3, 0.4) is 0 Å². The quantitative estimate of drug-likeness (QED) is 0.724. The van der Waals surface area contributed by atoms with Crippen molar-refractivity contribution in [1.82, 2.24) is 9.97 Å². The van der Waals surface area contributed by atoms with Gasteiger partial charge in [0.25, 0.3) is 0 Å². The second-order valence-corrected chi connectivity index (χ2v) is 2.33. The topological polar surface area (TPSA) is 61.6 Å². The van der Waals surface area contributed by atoms with Crippen LogP contribution in [-0.4, -0.2) is 16.5 Å². The van der Waals surface area contributed by atoms with Gasteiger partial charge in [-0.05, 0) is 6.42 Å². The van der Waals surface area contributed by atoms with Gasteiger partial charge in [0.2, 0.25) is 0 Å². The van der Waals surface area contributed by atoms with Gasteiger partial charge in [-0.15, -0.1) is 0 Å². The van der Waals surface area contributed by atoms with E-state index in [2.05, 4.69) is 22.2 Å². The van der Waals surface area contributed by atoms with Crippen molar-refractivity contribution in [2.75, 3.05) is 11.9 Å². The van der Waals surface area contributed by atoms with E-state index < -0.39 is 0 Å². The first-order chi connectivity index (χ1) is 5.86. The summed E-state index contributed by atoms with van der Waals surface area (Å²) in [6, 6.07) is 3.59. The molecular weight excluding hydrogens is 152 g/mol. The van der Waals surface area contributed by atoms with Crippen LogP contribution >= 0.6 is 0 Å². The molecule has 0 saturated carbocycles. The van der Waals surface area contributed by atoms with E-state index in [1.54, 1.807) is 6.07 Å². The fourth-order valence-corrected chi connectivity index (χ4v) is 0.768. The Labute approximate surface area is 71.3 Å². The van der Waals surface area contributed by atoms with E-state index in [1.165, 1.54) is 6.33 Å². The first-order valence-electron chi connectivity index (χ1n) is 3.83. The summed E-state index contributed by atoms with van der Waals surface area (Å²) in [5, 5.41) is 11.6. The molecule has 12 heavy (non-hydrogen) atoms. The van der Waals surface area contributed by atoms with Crippen LogP contribution in [0.2, 0.25) is 0 Å². The van der Waals surface area contributed by atoms with Gasteiger partial charge in [-0.1, -0.05) is 6.92 Å². The Hall–Kier alpha value is -1.63. The maximum atomic E-state index is 8.52. The highest BCUT2D eigenvalue weighted by Gasteiger charge is 1.94. The van der Waals surface area contributed by atoms with E-state index in [9.17, 15) is 0 Å². The van der Waals surface area contributed by atoms with E-state index in [1.807, 2.05) is 6.07 Å². The summed E-state index contributed by atoms with van der Waals surface area (Å²) in [4.78, 5) is 7.71. The molecule has 0 spiro atoms. The molecule has 4 heteroatoms. The summed E-state index contributed by atoms with van der Waals surface area (Å²) in [5.74, 6) is 0.711. The second-order valence-electron chi connectivity index (χ2n) is 2.33. The van der Waals surface area contributed by atoms with Gasteiger partial charge in [0.1, 0.15) is 23.9 Å². The van der Waals surface area contributed by atoms with Crippen LogP contribution in [0, 0.1) is 11.3 Å². The van der Waals surface area contributed by atoms with Gasteiger partial charge >= 0.3 is 0 Å². The lowest BCUT2D eigenvalue weighted by atomic mass is 10.4. The van der Waals surface area contributed by atoms with Gasteiger partial charge < -0.3 is 5.32 Å². The Kier molecular flexibility index (Phi) is 3.03. The predicted octanol–water partition coefficient (Wildman–Crippen LogP) is 1.17. The number of nitriles is 1. The van der Waals surface area contributed by atoms with Gasteiger partial charge in [-0.2, -0.15) is 5.26 Å². The van der Waals surface area contributed by atoms with Crippen molar-refractivity contribution in [3.05, 3.63) is 18.1 Å². The fraction of sp³-hybridized carbons (Fsp3) is 0.375. The zero-order chi connectivity index (χ0) is 8.81. The average molecular weight is 162 g/mol. The number of nitrogens with zero attached hydrogens (tertiary/aromatic N) is 3. The van der Waals surface area contributed by atoms with Gasteiger partial charge in [0.05, 0.1) is 0 Å². The van der Waals surface area contributed by atoms with Crippen LogP contribution in [0.1, 0.15) is 19.0 Å². The van der Waals surface area contributed by atoms with Crippen molar-refractivity contribution in [2.45, 2.75) is 13.3 Å². The SMILES string of the molecule is CCCNc1cc(C#N)ncn1. The minimum absolute atomic E-state index is 0.392. The Balaban J connectivity index is 2.68. The first-order valence-corrected chi connectivity index (χ1v) is 3.83.